The summed E-state index contributed by atoms with van der Waals surface area (Å²) in [5, 5.41) is 5.49. The van der Waals surface area contributed by atoms with E-state index >= 15 is 0 Å². The van der Waals surface area contributed by atoms with Gasteiger partial charge < -0.3 is 0 Å². The Hall–Kier alpha value is -3.00. The third-order valence-corrected chi connectivity index (χ3v) is 6.62. The minimum atomic E-state index is -4.47. The Kier molecular flexibility index (Phi) is 7.10. The standard InChI is InChI=1S/C27H23ClF6N2/c1-3-20-15-25(27(32,33)34)35-36(20)21-8-4-17(5-9-21)13-18-6-10-22(16(2)12-18)23-14-19(26(29,30)31)7-11-24(23)28/h4-12,14,20H,3,13,15H2,1-2H3. The summed E-state index contributed by atoms with van der Waals surface area (Å²) in [5.41, 5.74) is 2.65. The molecule has 9 heteroatoms. The van der Waals surface area contributed by atoms with Crippen LogP contribution in [0.2, 0.25) is 5.02 Å². The first-order valence-electron chi connectivity index (χ1n) is 11.4. The number of hydrazone groups is 1. The van der Waals surface area contributed by atoms with E-state index in [1.807, 2.05) is 38.1 Å². The van der Waals surface area contributed by atoms with E-state index < -0.39 is 23.6 Å². The summed E-state index contributed by atoms with van der Waals surface area (Å²) in [6, 6.07) is 15.6. The van der Waals surface area contributed by atoms with E-state index in [0.29, 0.717) is 29.7 Å². The van der Waals surface area contributed by atoms with Crippen molar-refractivity contribution in [2.75, 3.05) is 5.01 Å². The normalized spacial score (nSPS) is 16.4. The smallest absolute Gasteiger partial charge is 0.262 e. The lowest BCUT2D eigenvalue weighted by molar-refractivity contribution is -0.137. The van der Waals surface area contributed by atoms with Crippen LogP contribution in [0.1, 0.15) is 42.0 Å². The highest BCUT2D eigenvalue weighted by Crippen LogP contribution is 2.37. The van der Waals surface area contributed by atoms with E-state index in [1.165, 1.54) is 11.1 Å². The van der Waals surface area contributed by atoms with Gasteiger partial charge in [-0.3, -0.25) is 5.01 Å². The molecule has 0 radical (unpaired) electrons. The maximum absolute atomic E-state index is 13.2. The SMILES string of the molecule is CCC1CC(C(F)(F)F)=NN1c1ccc(Cc2ccc(-c3cc(C(F)(F)F)ccc3Cl)c(C)c2)cc1. The Morgan fingerprint density at radius 2 is 1.53 bits per heavy atom. The van der Waals surface area contributed by atoms with Crippen LogP contribution in [-0.2, 0) is 12.6 Å². The number of benzene rings is 3. The van der Waals surface area contributed by atoms with E-state index in [4.69, 9.17) is 11.6 Å². The molecular formula is C27H23ClF6N2. The van der Waals surface area contributed by atoms with Gasteiger partial charge in [0.15, 0.2) is 0 Å². The van der Waals surface area contributed by atoms with Crippen LogP contribution < -0.4 is 5.01 Å². The monoisotopic (exact) mass is 524 g/mol. The fraction of sp³-hybridized carbons (Fsp3) is 0.296. The molecule has 0 N–H and O–H groups in total. The Morgan fingerprint density at radius 1 is 0.861 bits per heavy atom. The van der Waals surface area contributed by atoms with Gasteiger partial charge in [-0.05, 0) is 72.4 Å². The first-order valence-corrected chi connectivity index (χ1v) is 11.7. The molecule has 0 aromatic heterocycles. The summed E-state index contributed by atoms with van der Waals surface area (Å²) in [5.74, 6) is 0. The minimum Gasteiger partial charge on any atom is -0.262 e. The summed E-state index contributed by atoms with van der Waals surface area (Å²) in [6.45, 7) is 3.65. The van der Waals surface area contributed by atoms with Crippen molar-refractivity contribution >= 4 is 23.0 Å². The van der Waals surface area contributed by atoms with Crippen molar-refractivity contribution in [3.63, 3.8) is 0 Å². The Labute approximate surface area is 210 Å². The molecule has 1 atom stereocenters. The molecule has 0 bridgehead atoms. The highest BCUT2D eigenvalue weighted by atomic mass is 35.5. The van der Waals surface area contributed by atoms with Gasteiger partial charge >= 0.3 is 12.4 Å². The van der Waals surface area contributed by atoms with Crippen LogP contribution in [0.3, 0.4) is 0 Å². The number of halogens is 7. The Bertz CT molecular complexity index is 1280. The molecule has 1 aliphatic rings. The summed E-state index contributed by atoms with van der Waals surface area (Å²) in [6.07, 6.45) is -7.96. The van der Waals surface area contributed by atoms with E-state index in [0.717, 1.165) is 28.8 Å². The zero-order valence-corrected chi connectivity index (χ0v) is 20.3. The third kappa shape index (κ3) is 5.53. The highest BCUT2D eigenvalue weighted by Gasteiger charge is 2.42. The lowest BCUT2D eigenvalue weighted by atomic mass is 9.95. The minimum absolute atomic E-state index is 0.136. The van der Waals surface area contributed by atoms with Crippen LogP contribution in [-0.4, -0.2) is 17.9 Å². The quantitative estimate of drug-likeness (QED) is 0.304. The van der Waals surface area contributed by atoms with Crippen molar-refractivity contribution < 1.29 is 26.3 Å². The number of aryl methyl sites for hydroxylation is 1. The third-order valence-electron chi connectivity index (χ3n) is 6.29. The van der Waals surface area contributed by atoms with Gasteiger partial charge in [0, 0.05) is 17.0 Å². The van der Waals surface area contributed by atoms with Crippen LogP contribution in [0, 0.1) is 6.92 Å². The predicted octanol–water partition coefficient (Wildman–Crippen LogP) is 8.83. The van der Waals surface area contributed by atoms with Gasteiger partial charge in [-0.25, -0.2) is 0 Å². The molecule has 0 fully saturated rings. The van der Waals surface area contributed by atoms with Crippen molar-refractivity contribution in [3.8, 4) is 11.1 Å². The maximum Gasteiger partial charge on any atom is 0.431 e. The maximum atomic E-state index is 13.2. The lowest BCUT2D eigenvalue weighted by Crippen LogP contribution is -2.26. The second-order valence-corrected chi connectivity index (χ2v) is 9.25. The van der Waals surface area contributed by atoms with Gasteiger partial charge in [0.1, 0.15) is 5.71 Å². The van der Waals surface area contributed by atoms with E-state index in [2.05, 4.69) is 5.10 Å². The van der Waals surface area contributed by atoms with Gasteiger partial charge in [0.2, 0.25) is 0 Å². The first kappa shape index (κ1) is 26.1. The lowest BCUT2D eigenvalue weighted by Gasteiger charge is -2.22. The molecule has 190 valence electrons. The van der Waals surface area contributed by atoms with Gasteiger partial charge in [0.05, 0.1) is 17.3 Å². The fourth-order valence-electron chi connectivity index (χ4n) is 4.37. The molecule has 0 spiro atoms. The van der Waals surface area contributed by atoms with Crippen molar-refractivity contribution in [1.29, 1.82) is 0 Å². The zero-order valence-electron chi connectivity index (χ0n) is 19.5. The van der Waals surface area contributed by atoms with Crippen LogP contribution >= 0.6 is 11.6 Å². The van der Waals surface area contributed by atoms with Crippen LogP contribution in [0.15, 0.2) is 65.8 Å². The average Bonchev–Trinajstić information content (AvgIpc) is 3.25. The van der Waals surface area contributed by atoms with Crippen LogP contribution in [0.25, 0.3) is 11.1 Å². The average molecular weight is 525 g/mol. The van der Waals surface area contributed by atoms with Crippen LogP contribution in [0.5, 0.6) is 0 Å². The number of anilines is 1. The number of nitrogens with zero attached hydrogens (tertiary/aromatic N) is 2. The summed E-state index contributed by atoms with van der Waals surface area (Å²) in [7, 11) is 0. The largest absolute Gasteiger partial charge is 0.431 e. The van der Waals surface area contributed by atoms with Gasteiger partial charge in [0.25, 0.3) is 0 Å². The van der Waals surface area contributed by atoms with Gasteiger partial charge in [-0.1, -0.05) is 48.9 Å². The van der Waals surface area contributed by atoms with Crippen molar-refractivity contribution in [2.24, 2.45) is 5.10 Å². The molecule has 3 aromatic carbocycles. The number of hydrogen-bond acceptors (Lipinski definition) is 2. The highest BCUT2D eigenvalue weighted by molar-refractivity contribution is 6.33. The second-order valence-electron chi connectivity index (χ2n) is 8.84. The molecule has 0 saturated carbocycles. The van der Waals surface area contributed by atoms with E-state index in [9.17, 15) is 26.3 Å². The zero-order chi connectivity index (χ0) is 26.3. The van der Waals surface area contributed by atoms with Crippen molar-refractivity contribution in [3.05, 3.63) is 87.9 Å². The molecule has 0 amide bonds. The first-order chi connectivity index (χ1) is 16.9. The van der Waals surface area contributed by atoms with E-state index in [1.54, 1.807) is 18.2 Å². The summed E-state index contributed by atoms with van der Waals surface area (Å²) < 4.78 is 78.8. The molecule has 0 aliphatic carbocycles. The Balaban J connectivity index is 1.53. The molecule has 1 unspecified atom stereocenters. The number of alkyl halides is 6. The number of rotatable bonds is 5. The topological polar surface area (TPSA) is 15.6 Å². The van der Waals surface area contributed by atoms with E-state index in [-0.39, 0.29) is 17.5 Å². The van der Waals surface area contributed by atoms with Gasteiger partial charge in [-0.15, -0.1) is 0 Å². The summed E-state index contributed by atoms with van der Waals surface area (Å²) >= 11 is 6.20. The molecule has 4 rings (SSSR count). The molecular weight excluding hydrogens is 502 g/mol. The fourth-order valence-corrected chi connectivity index (χ4v) is 4.59. The molecule has 1 aliphatic heterocycles. The molecule has 3 aromatic rings. The Morgan fingerprint density at radius 3 is 2.11 bits per heavy atom. The molecule has 0 saturated heterocycles. The number of hydrogen-bond donors (Lipinski definition) is 0. The molecule has 36 heavy (non-hydrogen) atoms. The summed E-state index contributed by atoms with van der Waals surface area (Å²) in [4.78, 5) is 0. The molecule has 2 nitrogen and oxygen atoms in total. The second kappa shape index (κ2) is 9.81. The van der Waals surface area contributed by atoms with Crippen LogP contribution in [0.4, 0.5) is 32.0 Å². The van der Waals surface area contributed by atoms with Gasteiger partial charge in [-0.2, -0.15) is 31.4 Å². The van der Waals surface area contributed by atoms with Crippen molar-refractivity contribution in [1.82, 2.24) is 0 Å². The van der Waals surface area contributed by atoms with Crippen molar-refractivity contribution in [2.45, 2.75) is 51.5 Å². The molecule has 1 heterocycles. The predicted molar refractivity (Wildman–Crippen MR) is 131 cm³/mol.